The van der Waals surface area contributed by atoms with Crippen LogP contribution in [0.4, 0.5) is 5.82 Å². The van der Waals surface area contributed by atoms with Crippen molar-refractivity contribution in [2.75, 3.05) is 24.5 Å². The summed E-state index contributed by atoms with van der Waals surface area (Å²) in [5.41, 5.74) is 1.33. The number of nitrogens with zero attached hydrogens (tertiary/aromatic N) is 6. The summed E-state index contributed by atoms with van der Waals surface area (Å²) in [4.78, 5) is 29.8. The Morgan fingerprint density at radius 1 is 1.24 bits per heavy atom. The second-order valence-electron chi connectivity index (χ2n) is 7.63. The number of fused-ring (bicyclic) bond motifs is 1. The van der Waals surface area contributed by atoms with E-state index in [1.54, 1.807) is 0 Å². The summed E-state index contributed by atoms with van der Waals surface area (Å²) in [5, 5.41) is 0.571. The highest BCUT2D eigenvalue weighted by atomic mass is 35.5. The van der Waals surface area contributed by atoms with E-state index in [2.05, 4.69) is 28.8 Å². The molecule has 0 radical (unpaired) electrons. The average molecular weight is 433 g/mol. The lowest BCUT2D eigenvalue weighted by Crippen LogP contribution is -2.58. The Balaban J connectivity index is 1.54. The van der Waals surface area contributed by atoms with Gasteiger partial charge in [-0.3, -0.25) is 4.79 Å². The predicted octanol–water partition coefficient (Wildman–Crippen LogP) is 3.65. The van der Waals surface area contributed by atoms with Crippen molar-refractivity contribution < 1.29 is 4.79 Å². The molecule has 3 aromatic heterocycles. The molecule has 0 aromatic carbocycles. The van der Waals surface area contributed by atoms with Crippen LogP contribution in [0, 0.1) is 5.92 Å². The van der Waals surface area contributed by atoms with Gasteiger partial charge in [0.15, 0.2) is 5.82 Å². The Morgan fingerprint density at radius 2 is 2.00 bits per heavy atom. The van der Waals surface area contributed by atoms with E-state index in [1.807, 2.05) is 51.7 Å². The summed E-state index contributed by atoms with van der Waals surface area (Å²) < 4.78 is 2.03. The van der Waals surface area contributed by atoms with Gasteiger partial charge in [0.1, 0.15) is 10.7 Å². The van der Waals surface area contributed by atoms with Crippen LogP contribution in [0.25, 0.3) is 5.65 Å². The van der Waals surface area contributed by atoms with Gasteiger partial charge in [-0.25, -0.2) is 9.97 Å². The van der Waals surface area contributed by atoms with Crippen LogP contribution in [-0.4, -0.2) is 49.8 Å². The van der Waals surface area contributed by atoms with Crippen LogP contribution in [0.15, 0.2) is 36.8 Å². The number of hydrogen-bond donors (Lipinski definition) is 0. The molecule has 0 saturated carbocycles. The molecule has 4 heterocycles. The van der Waals surface area contributed by atoms with Crippen molar-refractivity contribution >= 4 is 40.6 Å². The number of rotatable bonds is 5. The summed E-state index contributed by atoms with van der Waals surface area (Å²) in [7, 11) is 0. The molecule has 1 amide bonds. The maximum Gasteiger partial charge on any atom is 0.230 e. The van der Waals surface area contributed by atoms with Crippen LogP contribution in [-0.2, 0) is 10.3 Å². The normalized spacial score (nSPS) is 14.9. The third kappa shape index (κ3) is 3.42. The second-order valence-corrected chi connectivity index (χ2v) is 8.37. The van der Waals surface area contributed by atoms with Gasteiger partial charge in [0.05, 0.1) is 29.5 Å². The van der Waals surface area contributed by atoms with E-state index < -0.39 is 5.54 Å². The molecule has 1 aliphatic rings. The van der Waals surface area contributed by atoms with Crippen LogP contribution in [0.1, 0.15) is 26.5 Å². The monoisotopic (exact) mass is 432 g/mol. The fourth-order valence-corrected chi connectivity index (χ4v) is 4.28. The Kier molecular flexibility index (Phi) is 5.12. The fraction of sp³-hybridized carbons (Fsp3) is 0.400. The minimum Gasteiger partial charge on any atom is -0.353 e. The third-order valence-corrected chi connectivity index (χ3v) is 5.98. The van der Waals surface area contributed by atoms with E-state index in [0.29, 0.717) is 30.5 Å². The molecular formula is C20H22Cl2N6O. The Hall–Kier alpha value is -2.38. The second kappa shape index (κ2) is 7.46. The molecule has 4 rings (SSSR count). The lowest BCUT2D eigenvalue weighted by molar-refractivity contribution is -0.142. The zero-order valence-electron chi connectivity index (χ0n) is 16.5. The molecule has 1 aliphatic heterocycles. The number of carbonyl (C=O) groups is 1. The first kappa shape index (κ1) is 19.9. The van der Waals surface area contributed by atoms with Crippen molar-refractivity contribution in [2.45, 2.75) is 26.3 Å². The maximum absolute atomic E-state index is 13.3. The Labute approximate surface area is 179 Å². The van der Waals surface area contributed by atoms with Gasteiger partial charge in [-0.1, -0.05) is 17.7 Å². The third-order valence-electron chi connectivity index (χ3n) is 5.53. The van der Waals surface area contributed by atoms with Crippen molar-refractivity contribution in [3.63, 3.8) is 0 Å². The molecule has 0 unspecified atom stereocenters. The van der Waals surface area contributed by atoms with E-state index in [-0.39, 0.29) is 17.1 Å². The molecule has 0 atom stereocenters. The van der Waals surface area contributed by atoms with Crippen molar-refractivity contribution in [1.29, 1.82) is 0 Å². The minimum absolute atomic E-state index is 0.107. The van der Waals surface area contributed by atoms with Crippen LogP contribution in [0.5, 0.6) is 0 Å². The van der Waals surface area contributed by atoms with Crippen LogP contribution in [0.2, 0.25) is 10.3 Å². The van der Waals surface area contributed by atoms with E-state index in [1.165, 1.54) is 6.20 Å². The van der Waals surface area contributed by atoms with Gasteiger partial charge in [-0.05, 0) is 44.5 Å². The molecular weight excluding hydrogens is 411 g/mol. The van der Waals surface area contributed by atoms with E-state index in [0.717, 1.165) is 11.3 Å². The first-order chi connectivity index (χ1) is 13.8. The molecule has 1 saturated heterocycles. The number of carbonyl (C=O) groups excluding carboxylic acids is 1. The quantitative estimate of drug-likeness (QED) is 0.575. The highest BCUT2D eigenvalue weighted by Crippen LogP contribution is 2.34. The zero-order chi connectivity index (χ0) is 20.8. The summed E-state index contributed by atoms with van der Waals surface area (Å²) in [6.45, 7) is 7.81. The number of aromatic nitrogens is 4. The lowest BCUT2D eigenvalue weighted by Gasteiger charge is -2.45. The molecule has 9 heteroatoms. The maximum atomic E-state index is 13.3. The SMILES string of the molecule is CCN(C(=O)C1CN(c2nc(Cl)ncc2Cl)C1)C(C)(C)c1cnc2ccccn12. The Bertz CT molecular complexity index is 1060. The molecule has 0 bridgehead atoms. The molecule has 7 nitrogen and oxygen atoms in total. The number of amides is 1. The zero-order valence-corrected chi connectivity index (χ0v) is 18.0. The van der Waals surface area contributed by atoms with E-state index in [4.69, 9.17) is 23.2 Å². The number of pyridine rings is 1. The molecule has 0 spiro atoms. The summed E-state index contributed by atoms with van der Waals surface area (Å²) in [5.74, 6) is 0.550. The first-order valence-electron chi connectivity index (χ1n) is 9.50. The molecule has 29 heavy (non-hydrogen) atoms. The van der Waals surface area contributed by atoms with Crippen LogP contribution < -0.4 is 4.90 Å². The van der Waals surface area contributed by atoms with Crippen molar-refractivity contribution in [3.05, 3.63) is 52.8 Å². The molecule has 1 fully saturated rings. The largest absolute Gasteiger partial charge is 0.353 e. The first-order valence-corrected chi connectivity index (χ1v) is 10.3. The van der Waals surface area contributed by atoms with Crippen molar-refractivity contribution in [3.8, 4) is 0 Å². The van der Waals surface area contributed by atoms with Gasteiger partial charge in [0.2, 0.25) is 11.2 Å². The highest BCUT2D eigenvalue weighted by molar-refractivity contribution is 6.33. The van der Waals surface area contributed by atoms with Crippen LogP contribution >= 0.6 is 23.2 Å². The van der Waals surface area contributed by atoms with Gasteiger partial charge in [-0.2, -0.15) is 4.98 Å². The van der Waals surface area contributed by atoms with Gasteiger partial charge >= 0.3 is 0 Å². The van der Waals surface area contributed by atoms with Gasteiger partial charge in [-0.15, -0.1) is 0 Å². The number of anilines is 1. The number of halogens is 2. The van der Waals surface area contributed by atoms with E-state index >= 15 is 0 Å². The smallest absolute Gasteiger partial charge is 0.230 e. The topological polar surface area (TPSA) is 66.6 Å². The van der Waals surface area contributed by atoms with E-state index in [9.17, 15) is 4.79 Å². The summed E-state index contributed by atoms with van der Waals surface area (Å²) in [6, 6.07) is 5.88. The van der Waals surface area contributed by atoms with Gasteiger partial charge in [0, 0.05) is 25.8 Å². The Morgan fingerprint density at radius 3 is 2.72 bits per heavy atom. The molecule has 152 valence electrons. The molecule has 3 aromatic rings. The molecule has 0 N–H and O–H groups in total. The van der Waals surface area contributed by atoms with Gasteiger partial charge < -0.3 is 14.2 Å². The van der Waals surface area contributed by atoms with Crippen molar-refractivity contribution in [2.24, 2.45) is 5.92 Å². The van der Waals surface area contributed by atoms with Crippen LogP contribution in [0.3, 0.4) is 0 Å². The molecule has 0 aliphatic carbocycles. The number of imidazole rings is 1. The fourth-order valence-electron chi connectivity index (χ4n) is 3.94. The standard InChI is InChI=1S/C20H22Cl2N6O/c1-4-28(20(2,3)15-10-23-16-7-5-6-8-27(15)16)18(29)13-11-26(12-13)17-14(21)9-24-19(22)25-17/h5-10,13H,4,11-12H2,1-3H3. The highest BCUT2D eigenvalue weighted by Gasteiger charge is 2.42. The summed E-state index contributed by atoms with van der Waals surface area (Å²) in [6.07, 6.45) is 5.30. The lowest BCUT2D eigenvalue weighted by atomic mass is 9.92. The average Bonchev–Trinajstić information content (AvgIpc) is 3.08. The number of hydrogen-bond acceptors (Lipinski definition) is 5. The van der Waals surface area contributed by atoms with Gasteiger partial charge in [0.25, 0.3) is 0 Å². The minimum atomic E-state index is -0.511. The summed E-state index contributed by atoms with van der Waals surface area (Å²) >= 11 is 12.1. The predicted molar refractivity (Wildman–Crippen MR) is 113 cm³/mol. The van der Waals surface area contributed by atoms with Crippen molar-refractivity contribution in [1.82, 2.24) is 24.3 Å².